The fourth-order valence-corrected chi connectivity index (χ4v) is 5.64. The Bertz CT molecular complexity index is 560. The molecule has 20 heavy (non-hydrogen) atoms. The quantitative estimate of drug-likeness (QED) is 0.910. The first kappa shape index (κ1) is 15.8. The Labute approximate surface area is 125 Å². The number of nitrogens with zero attached hydrogens (tertiary/aromatic N) is 1. The Balaban J connectivity index is 2.37. The van der Waals surface area contributed by atoms with Gasteiger partial charge in [-0.15, -0.1) is 0 Å². The smallest absolute Gasteiger partial charge is 0.164 e. The van der Waals surface area contributed by atoms with Crippen LogP contribution in [0.2, 0.25) is 0 Å². The third-order valence-electron chi connectivity index (χ3n) is 3.79. The summed E-state index contributed by atoms with van der Waals surface area (Å²) in [4.78, 5) is 2.06. The number of hydrogen-bond donors (Lipinski definition) is 1. The summed E-state index contributed by atoms with van der Waals surface area (Å²) in [6.07, 6.45) is 1.32. The Kier molecular flexibility index (Phi) is 5.12. The van der Waals surface area contributed by atoms with Gasteiger partial charge in [0.05, 0.1) is 0 Å². The van der Waals surface area contributed by atoms with Gasteiger partial charge in [0.1, 0.15) is 5.37 Å². The van der Waals surface area contributed by atoms with E-state index in [0.29, 0.717) is 12.3 Å². The topological polar surface area (TPSA) is 63.4 Å². The SMILES string of the molecule is Cc1ccccc1C(CN)N1CCSCC1S(C)(=O)=O. The van der Waals surface area contributed by atoms with E-state index in [2.05, 4.69) is 4.90 Å². The molecule has 0 bridgehead atoms. The molecule has 1 aliphatic rings. The molecule has 1 aromatic carbocycles. The third-order valence-corrected chi connectivity index (χ3v) is 6.45. The highest BCUT2D eigenvalue weighted by atomic mass is 32.2. The van der Waals surface area contributed by atoms with Gasteiger partial charge in [0.15, 0.2) is 9.84 Å². The van der Waals surface area contributed by atoms with E-state index in [-0.39, 0.29) is 6.04 Å². The van der Waals surface area contributed by atoms with Crippen molar-refractivity contribution in [2.75, 3.05) is 30.9 Å². The maximum Gasteiger partial charge on any atom is 0.164 e. The molecule has 2 N–H and O–H groups in total. The van der Waals surface area contributed by atoms with E-state index in [4.69, 9.17) is 5.73 Å². The molecule has 2 atom stereocenters. The monoisotopic (exact) mass is 314 g/mol. The van der Waals surface area contributed by atoms with Crippen LogP contribution < -0.4 is 5.73 Å². The fraction of sp³-hybridized carbons (Fsp3) is 0.571. The summed E-state index contributed by atoms with van der Waals surface area (Å²) in [6, 6.07) is 8.04. The third kappa shape index (κ3) is 3.36. The van der Waals surface area contributed by atoms with Crippen molar-refractivity contribution >= 4 is 21.6 Å². The highest BCUT2D eigenvalue weighted by Gasteiger charge is 2.35. The van der Waals surface area contributed by atoms with E-state index >= 15 is 0 Å². The van der Waals surface area contributed by atoms with Gasteiger partial charge in [-0.05, 0) is 18.1 Å². The van der Waals surface area contributed by atoms with Crippen LogP contribution in [0, 0.1) is 6.92 Å². The largest absolute Gasteiger partial charge is 0.329 e. The molecule has 0 amide bonds. The molecule has 0 aliphatic carbocycles. The minimum atomic E-state index is -3.10. The van der Waals surface area contributed by atoms with Gasteiger partial charge < -0.3 is 5.73 Å². The van der Waals surface area contributed by atoms with E-state index in [1.165, 1.54) is 6.26 Å². The normalized spacial score (nSPS) is 22.6. The van der Waals surface area contributed by atoms with Gasteiger partial charge in [0, 0.05) is 36.9 Å². The van der Waals surface area contributed by atoms with Crippen LogP contribution in [0.5, 0.6) is 0 Å². The van der Waals surface area contributed by atoms with Gasteiger partial charge in [-0.3, -0.25) is 4.90 Å². The number of nitrogens with two attached hydrogens (primary N) is 1. The Morgan fingerprint density at radius 3 is 2.75 bits per heavy atom. The molecule has 0 radical (unpaired) electrons. The maximum absolute atomic E-state index is 12.0. The molecule has 1 aromatic rings. The lowest BCUT2D eigenvalue weighted by Crippen LogP contribution is -2.50. The van der Waals surface area contributed by atoms with Gasteiger partial charge in [-0.1, -0.05) is 24.3 Å². The highest BCUT2D eigenvalue weighted by molar-refractivity contribution is 8.00. The second kappa shape index (κ2) is 6.47. The maximum atomic E-state index is 12.0. The standard InChI is InChI=1S/C14H22N2O2S2/c1-11-5-3-4-6-12(11)13(9-15)16-7-8-19-10-14(16)20(2,17)18/h3-6,13-14H,7-10,15H2,1-2H3. The van der Waals surface area contributed by atoms with Crippen LogP contribution in [0.1, 0.15) is 17.2 Å². The lowest BCUT2D eigenvalue weighted by atomic mass is 10.00. The lowest BCUT2D eigenvalue weighted by molar-refractivity contribution is 0.197. The van der Waals surface area contributed by atoms with Crippen LogP contribution in [0.25, 0.3) is 0 Å². The first-order valence-corrected chi connectivity index (χ1v) is 9.84. The second-order valence-electron chi connectivity index (χ2n) is 5.21. The van der Waals surface area contributed by atoms with Crippen molar-refractivity contribution in [3.05, 3.63) is 35.4 Å². The summed E-state index contributed by atoms with van der Waals surface area (Å²) in [5.41, 5.74) is 8.26. The van der Waals surface area contributed by atoms with Crippen LogP contribution in [0.3, 0.4) is 0 Å². The van der Waals surface area contributed by atoms with Crippen molar-refractivity contribution in [3.8, 4) is 0 Å². The minimum absolute atomic E-state index is 0.0307. The van der Waals surface area contributed by atoms with Gasteiger partial charge in [0.2, 0.25) is 0 Å². The summed E-state index contributed by atoms with van der Waals surface area (Å²) in [7, 11) is -3.10. The van der Waals surface area contributed by atoms with Crippen molar-refractivity contribution in [2.45, 2.75) is 18.3 Å². The zero-order chi connectivity index (χ0) is 14.8. The Hall–Kier alpha value is -0.560. The molecule has 1 saturated heterocycles. The van der Waals surface area contributed by atoms with Crippen LogP contribution in [-0.2, 0) is 9.84 Å². The number of hydrogen-bond acceptors (Lipinski definition) is 5. The van der Waals surface area contributed by atoms with Crippen LogP contribution in [0.4, 0.5) is 0 Å². The van der Waals surface area contributed by atoms with Gasteiger partial charge in [-0.25, -0.2) is 8.42 Å². The van der Waals surface area contributed by atoms with Crippen molar-refractivity contribution < 1.29 is 8.42 Å². The zero-order valence-corrected chi connectivity index (χ0v) is 13.6. The molecule has 6 heteroatoms. The average Bonchev–Trinajstić information content (AvgIpc) is 2.41. The summed E-state index contributed by atoms with van der Waals surface area (Å²) in [5, 5.41) is -0.436. The van der Waals surface area contributed by atoms with E-state index in [1.54, 1.807) is 11.8 Å². The second-order valence-corrected chi connectivity index (χ2v) is 8.56. The molecular weight excluding hydrogens is 292 g/mol. The Morgan fingerprint density at radius 1 is 1.45 bits per heavy atom. The van der Waals surface area contributed by atoms with Gasteiger partial charge in [0.25, 0.3) is 0 Å². The predicted molar refractivity (Wildman–Crippen MR) is 85.6 cm³/mol. The molecule has 0 spiro atoms. The molecular formula is C14H22N2O2S2. The lowest BCUT2D eigenvalue weighted by Gasteiger charge is -2.40. The van der Waals surface area contributed by atoms with E-state index in [1.807, 2.05) is 31.2 Å². The fourth-order valence-electron chi connectivity index (χ4n) is 2.72. The molecule has 2 unspecified atom stereocenters. The predicted octanol–water partition coefficient (Wildman–Crippen LogP) is 1.41. The first-order valence-electron chi connectivity index (χ1n) is 6.73. The Morgan fingerprint density at radius 2 is 2.15 bits per heavy atom. The average molecular weight is 314 g/mol. The molecule has 1 heterocycles. The molecule has 0 saturated carbocycles. The minimum Gasteiger partial charge on any atom is -0.329 e. The summed E-state index contributed by atoms with van der Waals surface area (Å²) >= 11 is 1.70. The van der Waals surface area contributed by atoms with Crippen molar-refractivity contribution in [2.24, 2.45) is 5.73 Å². The molecule has 1 aliphatic heterocycles. The van der Waals surface area contributed by atoms with Crippen LogP contribution >= 0.6 is 11.8 Å². The van der Waals surface area contributed by atoms with E-state index < -0.39 is 15.2 Å². The van der Waals surface area contributed by atoms with Crippen LogP contribution in [0.15, 0.2) is 24.3 Å². The summed E-state index contributed by atoms with van der Waals surface area (Å²) in [5.74, 6) is 1.58. The van der Waals surface area contributed by atoms with E-state index in [0.717, 1.165) is 23.4 Å². The number of thioether (sulfide) groups is 1. The zero-order valence-electron chi connectivity index (χ0n) is 12.0. The number of benzene rings is 1. The molecule has 4 nitrogen and oxygen atoms in total. The van der Waals surface area contributed by atoms with Gasteiger partial charge >= 0.3 is 0 Å². The van der Waals surface area contributed by atoms with Crippen molar-refractivity contribution in [1.29, 1.82) is 0 Å². The number of aryl methyl sites for hydroxylation is 1. The summed E-state index contributed by atoms with van der Waals surface area (Å²) < 4.78 is 24.1. The highest BCUT2D eigenvalue weighted by Crippen LogP contribution is 2.30. The van der Waals surface area contributed by atoms with Crippen molar-refractivity contribution in [3.63, 3.8) is 0 Å². The van der Waals surface area contributed by atoms with Crippen LogP contribution in [-0.4, -0.2) is 49.5 Å². The van der Waals surface area contributed by atoms with Gasteiger partial charge in [-0.2, -0.15) is 11.8 Å². The molecule has 1 fully saturated rings. The summed E-state index contributed by atoms with van der Waals surface area (Å²) in [6.45, 7) is 3.24. The first-order chi connectivity index (χ1) is 9.45. The number of sulfone groups is 1. The molecule has 112 valence electrons. The molecule has 0 aromatic heterocycles. The molecule has 2 rings (SSSR count). The van der Waals surface area contributed by atoms with Crippen molar-refractivity contribution in [1.82, 2.24) is 4.90 Å². The number of rotatable bonds is 4. The van der Waals surface area contributed by atoms with E-state index in [9.17, 15) is 8.42 Å².